The van der Waals surface area contributed by atoms with Gasteiger partial charge in [-0.2, -0.15) is 0 Å². The third-order valence-corrected chi connectivity index (χ3v) is 7.38. The number of rotatable bonds is 4. The van der Waals surface area contributed by atoms with E-state index in [-0.39, 0.29) is 12.0 Å². The fraction of sp³-hybridized carbons (Fsp3) is 0.571. The Labute approximate surface area is 179 Å². The molecule has 1 spiro atoms. The number of nitrogens with two attached hydrogens (primary N) is 1. The average molecular weight is 462 g/mol. The fourth-order valence-corrected chi connectivity index (χ4v) is 5.44. The molecular formula is C21H28BrN5O2. The molecule has 3 N–H and O–H groups in total. The Balaban J connectivity index is 1.64. The van der Waals surface area contributed by atoms with Gasteiger partial charge in [-0.05, 0) is 60.0 Å². The van der Waals surface area contributed by atoms with E-state index in [9.17, 15) is 5.11 Å². The molecule has 1 saturated carbocycles. The van der Waals surface area contributed by atoms with Gasteiger partial charge in [0.05, 0.1) is 29.6 Å². The Morgan fingerprint density at radius 1 is 1.31 bits per heavy atom. The number of anilines is 1. The van der Waals surface area contributed by atoms with Crippen molar-refractivity contribution < 1.29 is 9.84 Å². The van der Waals surface area contributed by atoms with E-state index < -0.39 is 0 Å². The van der Waals surface area contributed by atoms with Crippen molar-refractivity contribution in [2.75, 3.05) is 25.1 Å². The molecule has 1 atom stereocenters. The second kappa shape index (κ2) is 8.16. The van der Waals surface area contributed by atoms with Gasteiger partial charge in [-0.1, -0.05) is 6.42 Å². The summed E-state index contributed by atoms with van der Waals surface area (Å²) in [5.74, 6) is 1.28. The standard InChI is InChI=1S/C21H28BrN5O2/c1-13-18(14-5-9-24-20(29-2)17(14)22)26-15(12-28)19(25-13)27-10-7-21(8-11-27)6-3-4-16(21)23/h5,9,16,28H,3-4,6-8,10-12,23H2,1-2H3/t16-/m1/s1. The van der Waals surface area contributed by atoms with E-state index in [0.29, 0.717) is 17.6 Å². The molecule has 2 aromatic rings. The molecule has 1 aliphatic heterocycles. The number of pyridine rings is 1. The van der Waals surface area contributed by atoms with Gasteiger partial charge in [0.2, 0.25) is 5.88 Å². The number of halogens is 1. The van der Waals surface area contributed by atoms with Crippen LogP contribution in [0.2, 0.25) is 0 Å². The quantitative estimate of drug-likeness (QED) is 0.720. The van der Waals surface area contributed by atoms with Crippen molar-refractivity contribution in [2.45, 2.75) is 51.7 Å². The van der Waals surface area contributed by atoms with E-state index >= 15 is 0 Å². The van der Waals surface area contributed by atoms with Crippen LogP contribution in [0.1, 0.15) is 43.5 Å². The summed E-state index contributed by atoms with van der Waals surface area (Å²) < 4.78 is 6.03. The van der Waals surface area contributed by atoms with Crippen LogP contribution < -0.4 is 15.4 Å². The number of ether oxygens (including phenoxy) is 1. The van der Waals surface area contributed by atoms with Crippen LogP contribution in [0, 0.1) is 12.3 Å². The third-order valence-electron chi connectivity index (χ3n) is 6.61. The van der Waals surface area contributed by atoms with Gasteiger partial charge >= 0.3 is 0 Å². The molecule has 0 unspecified atom stereocenters. The van der Waals surface area contributed by atoms with E-state index in [2.05, 4.69) is 25.8 Å². The Morgan fingerprint density at radius 3 is 2.69 bits per heavy atom. The van der Waals surface area contributed by atoms with Gasteiger partial charge in [0, 0.05) is 30.9 Å². The minimum absolute atomic E-state index is 0.156. The summed E-state index contributed by atoms with van der Waals surface area (Å²) in [5.41, 5.74) is 9.68. The number of methoxy groups -OCH3 is 1. The van der Waals surface area contributed by atoms with E-state index in [1.807, 2.05) is 13.0 Å². The van der Waals surface area contributed by atoms with Gasteiger partial charge in [0.25, 0.3) is 0 Å². The van der Waals surface area contributed by atoms with Crippen LogP contribution in [-0.4, -0.2) is 46.3 Å². The van der Waals surface area contributed by atoms with Crippen molar-refractivity contribution >= 4 is 21.7 Å². The second-order valence-corrected chi connectivity index (χ2v) is 8.91. The van der Waals surface area contributed by atoms with Crippen molar-refractivity contribution in [3.8, 4) is 17.1 Å². The van der Waals surface area contributed by atoms with Crippen molar-refractivity contribution in [3.63, 3.8) is 0 Å². The zero-order chi connectivity index (χ0) is 20.6. The number of hydrogen-bond donors (Lipinski definition) is 2. The van der Waals surface area contributed by atoms with E-state index in [1.54, 1.807) is 13.3 Å². The maximum atomic E-state index is 10.0. The van der Waals surface area contributed by atoms with Crippen LogP contribution in [-0.2, 0) is 6.61 Å². The molecule has 0 radical (unpaired) electrons. The molecule has 0 amide bonds. The van der Waals surface area contributed by atoms with E-state index in [0.717, 1.165) is 59.6 Å². The summed E-state index contributed by atoms with van der Waals surface area (Å²) in [7, 11) is 1.58. The van der Waals surface area contributed by atoms with Crippen LogP contribution in [0.4, 0.5) is 5.82 Å². The SMILES string of the molecule is COc1nccc(-c2nc(CO)c(N3CCC4(CCC[C@H]4N)CC3)nc2C)c1Br. The van der Waals surface area contributed by atoms with Crippen LogP contribution in [0.5, 0.6) is 5.88 Å². The van der Waals surface area contributed by atoms with Gasteiger partial charge in [-0.25, -0.2) is 15.0 Å². The van der Waals surface area contributed by atoms with E-state index in [1.165, 1.54) is 12.8 Å². The maximum absolute atomic E-state index is 10.0. The molecule has 2 fully saturated rings. The van der Waals surface area contributed by atoms with Gasteiger partial charge < -0.3 is 20.5 Å². The lowest BCUT2D eigenvalue weighted by atomic mass is 9.74. The highest BCUT2D eigenvalue weighted by Crippen LogP contribution is 2.46. The molecule has 2 aliphatic rings. The lowest BCUT2D eigenvalue weighted by molar-refractivity contribution is 0.196. The minimum Gasteiger partial charge on any atom is -0.480 e. The van der Waals surface area contributed by atoms with Crippen molar-refractivity contribution in [3.05, 3.63) is 28.1 Å². The number of aromatic nitrogens is 3. The van der Waals surface area contributed by atoms with E-state index in [4.69, 9.17) is 20.4 Å². The number of piperidine rings is 1. The van der Waals surface area contributed by atoms with Crippen molar-refractivity contribution in [1.82, 2.24) is 15.0 Å². The van der Waals surface area contributed by atoms with Gasteiger partial charge in [0.15, 0.2) is 5.82 Å². The van der Waals surface area contributed by atoms with Gasteiger partial charge in [-0.3, -0.25) is 0 Å². The zero-order valence-corrected chi connectivity index (χ0v) is 18.6. The maximum Gasteiger partial charge on any atom is 0.228 e. The molecule has 2 aromatic heterocycles. The molecule has 1 saturated heterocycles. The molecule has 29 heavy (non-hydrogen) atoms. The molecule has 0 bridgehead atoms. The lowest BCUT2D eigenvalue weighted by Gasteiger charge is -2.42. The fourth-order valence-electron chi connectivity index (χ4n) is 4.86. The Bertz CT molecular complexity index is 899. The lowest BCUT2D eigenvalue weighted by Crippen LogP contribution is -2.47. The van der Waals surface area contributed by atoms with Crippen LogP contribution >= 0.6 is 15.9 Å². The summed E-state index contributed by atoms with van der Waals surface area (Å²) in [6, 6.07) is 2.19. The largest absolute Gasteiger partial charge is 0.480 e. The Morgan fingerprint density at radius 2 is 2.07 bits per heavy atom. The average Bonchev–Trinajstić information content (AvgIpc) is 3.08. The summed E-state index contributed by atoms with van der Waals surface area (Å²) in [5, 5.41) is 10.0. The van der Waals surface area contributed by atoms with Gasteiger partial charge in [0.1, 0.15) is 5.69 Å². The molecule has 4 rings (SSSR count). The summed E-state index contributed by atoms with van der Waals surface area (Å²) in [6.07, 6.45) is 7.45. The summed E-state index contributed by atoms with van der Waals surface area (Å²) >= 11 is 3.55. The molecule has 156 valence electrons. The molecule has 8 heteroatoms. The monoisotopic (exact) mass is 461 g/mol. The summed E-state index contributed by atoms with van der Waals surface area (Å²) in [6.45, 7) is 3.60. The zero-order valence-electron chi connectivity index (χ0n) is 17.0. The first-order chi connectivity index (χ1) is 14.0. The topological polar surface area (TPSA) is 97.4 Å². The first-order valence-corrected chi connectivity index (χ1v) is 11.0. The first kappa shape index (κ1) is 20.5. The van der Waals surface area contributed by atoms with Crippen molar-refractivity contribution in [2.24, 2.45) is 11.1 Å². The normalized spacial score (nSPS) is 21.0. The highest BCUT2D eigenvalue weighted by Gasteiger charge is 2.43. The number of aryl methyl sites for hydroxylation is 1. The van der Waals surface area contributed by atoms with Gasteiger partial charge in [-0.15, -0.1) is 0 Å². The highest BCUT2D eigenvalue weighted by atomic mass is 79.9. The number of aliphatic hydroxyl groups is 1. The number of hydrogen-bond acceptors (Lipinski definition) is 7. The molecule has 3 heterocycles. The number of aliphatic hydroxyl groups excluding tert-OH is 1. The second-order valence-electron chi connectivity index (χ2n) is 8.12. The van der Waals surface area contributed by atoms with Crippen molar-refractivity contribution in [1.29, 1.82) is 0 Å². The first-order valence-electron chi connectivity index (χ1n) is 10.2. The van der Waals surface area contributed by atoms with Crippen LogP contribution in [0.15, 0.2) is 16.7 Å². The molecule has 7 nitrogen and oxygen atoms in total. The molecule has 1 aliphatic carbocycles. The van der Waals surface area contributed by atoms with Crippen LogP contribution in [0.25, 0.3) is 11.3 Å². The molecular weight excluding hydrogens is 434 g/mol. The Kier molecular flexibility index (Phi) is 5.77. The Hall–Kier alpha value is -1.77. The predicted octanol–water partition coefficient (Wildman–Crippen LogP) is 3.21. The third kappa shape index (κ3) is 3.62. The molecule has 0 aromatic carbocycles. The highest BCUT2D eigenvalue weighted by molar-refractivity contribution is 9.10. The number of nitrogens with zero attached hydrogens (tertiary/aromatic N) is 4. The van der Waals surface area contributed by atoms with Crippen LogP contribution in [0.3, 0.4) is 0 Å². The smallest absolute Gasteiger partial charge is 0.228 e. The predicted molar refractivity (Wildman–Crippen MR) is 116 cm³/mol. The summed E-state index contributed by atoms with van der Waals surface area (Å²) in [4.78, 5) is 16.1. The minimum atomic E-state index is -0.156.